The summed E-state index contributed by atoms with van der Waals surface area (Å²) in [4.78, 5) is 0. The lowest BCUT2D eigenvalue weighted by molar-refractivity contribution is 0.662. The zero-order valence-electron chi connectivity index (χ0n) is 38.3. The first-order valence-electron chi connectivity index (χ1n) is 23.6. The van der Waals surface area contributed by atoms with Crippen LogP contribution in [0.1, 0.15) is 105 Å². The fourth-order valence-corrected chi connectivity index (χ4v) is 15.3. The Kier molecular flexibility index (Phi) is 6.13. The zero-order chi connectivity index (χ0) is 43.3. The van der Waals surface area contributed by atoms with Gasteiger partial charge in [0, 0.05) is 21.7 Å². The molecule has 0 N–H and O–H groups in total. The van der Waals surface area contributed by atoms with Gasteiger partial charge >= 0.3 is 0 Å². The van der Waals surface area contributed by atoms with Crippen LogP contribution in [0.4, 0.5) is 0 Å². The molecule has 0 spiro atoms. The van der Waals surface area contributed by atoms with Gasteiger partial charge in [0.2, 0.25) is 6.71 Å². The first-order chi connectivity index (χ1) is 30.7. The number of hydrogen-bond acceptors (Lipinski definition) is 0. The molecule has 0 bridgehead atoms. The third kappa shape index (κ3) is 3.77. The summed E-state index contributed by atoms with van der Waals surface area (Å²) in [5.41, 5.74) is 33.8. The van der Waals surface area contributed by atoms with Crippen LogP contribution in [0.5, 0.6) is 0 Å². The molecule has 2 aliphatic heterocycles. The highest BCUT2D eigenvalue weighted by molar-refractivity contribution is 7.01. The molecule has 0 amide bonds. The molecule has 0 radical (unpaired) electrons. The first kappa shape index (κ1) is 36.0. The Morgan fingerprint density at radius 3 is 1.00 bits per heavy atom. The van der Waals surface area contributed by atoms with E-state index in [-0.39, 0.29) is 28.4 Å². The molecule has 15 rings (SSSR count). The third-order valence-electron chi connectivity index (χ3n) is 17.7. The normalized spacial score (nSPS) is 17.6. The number of hydrogen-bond donors (Lipinski definition) is 0. The second-order valence-corrected chi connectivity index (χ2v) is 22.4. The number of fused-ring (bicyclic) bond motifs is 20. The fourth-order valence-electron chi connectivity index (χ4n) is 15.3. The molecule has 0 fully saturated rings. The summed E-state index contributed by atoms with van der Waals surface area (Å²) in [7, 11) is 0. The first-order valence-corrected chi connectivity index (χ1v) is 23.6. The number of benzene rings is 9. The summed E-state index contributed by atoms with van der Waals surface area (Å²) in [6.45, 7) is 22.3. The quantitative estimate of drug-likeness (QED) is 0.134. The van der Waals surface area contributed by atoms with Gasteiger partial charge in [-0.3, -0.25) is 0 Å². The second kappa shape index (κ2) is 10.9. The summed E-state index contributed by atoms with van der Waals surface area (Å²) < 4.78 is 0. The maximum atomic E-state index is 2.70. The maximum absolute atomic E-state index is 2.70. The van der Waals surface area contributed by atoms with Crippen LogP contribution in [0, 0.1) is 6.92 Å². The van der Waals surface area contributed by atoms with E-state index in [1.807, 2.05) is 0 Å². The van der Waals surface area contributed by atoms with Gasteiger partial charge in [0.15, 0.2) is 0 Å². The predicted molar refractivity (Wildman–Crippen MR) is 272 cm³/mol. The van der Waals surface area contributed by atoms with Crippen LogP contribution in [0.25, 0.3) is 88.3 Å². The largest absolute Gasteiger partial charge is 0.244 e. The Labute approximate surface area is 377 Å². The van der Waals surface area contributed by atoms with Crippen LogP contribution in [0.3, 0.4) is 0 Å². The van der Waals surface area contributed by atoms with Gasteiger partial charge in [0.1, 0.15) is 0 Å². The molecule has 0 unspecified atom stereocenters. The Morgan fingerprint density at radius 1 is 0.328 bits per heavy atom. The van der Waals surface area contributed by atoms with Crippen molar-refractivity contribution in [2.45, 2.75) is 84.0 Å². The van der Waals surface area contributed by atoms with Gasteiger partial charge < -0.3 is 0 Å². The average Bonchev–Trinajstić information content (AvgIpc) is 3.85. The van der Waals surface area contributed by atoms with Crippen molar-refractivity contribution < 1.29 is 0 Å². The van der Waals surface area contributed by atoms with E-state index in [1.54, 1.807) is 0 Å². The minimum Gasteiger partial charge on any atom is -0.0619 e. The Hall–Kier alpha value is -6.44. The Morgan fingerprint density at radius 2 is 0.641 bits per heavy atom. The second-order valence-electron chi connectivity index (χ2n) is 22.4. The molecule has 64 heavy (non-hydrogen) atoms. The molecule has 304 valence electrons. The lowest BCUT2D eigenvalue weighted by atomic mass is 9.30. The zero-order valence-corrected chi connectivity index (χ0v) is 38.3. The van der Waals surface area contributed by atoms with E-state index >= 15 is 0 Å². The van der Waals surface area contributed by atoms with Crippen LogP contribution in [-0.2, 0) is 21.7 Å². The molecule has 0 aromatic heterocycles. The molecule has 9 aromatic carbocycles. The van der Waals surface area contributed by atoms with E-state index in [9.17, 15) is 0 Å². The van der Waals surface area contributed by atoms with Gasteiger partial charge in [-0.15, -0.1) is 0 Å². The molecule has 0 atom stereocenters. The highest BCUT2D eigenvalue weighted by Gasteiger charge is 2.51. The van der Waals surface area contributed by atoms with Crippen molar-refractivity contribution in [3.05, 3.63) is 184 Å². The topological polar surface area (TPSA) is 0 Å². The molecule has 6 aliphatic rings. The molecule has 0 saturated heterocycles. The lowest BCUT2D eigenvalue weighted by Crippen LogP contribution is -2.58. The summed E-state index contributed by atoms with van der Waals surface area (Å²) in [5.74, 6) is 0. The molecule has 0 nitrogen and oxygen atoms in total. The molecule has 2 heterocycles. The van der Waals surface area contributed by atoms with Gasteiger partial charge in [-0.2, -0.15) is 0 Å². The highest BCUT2D eigenvalue weighted by atomic mass is 14.5. The summed E-state index contributed by atoms with van der Waals surface area (Å²) in [6, 6.07) is 53.0. The number of aryl methyl sites for hydroxylation is 1. The van der Waals surface area contributed by atoms with Crippen molar-refractivity contribution in [2.24, 2.45) is 0 Å². The van der Waals surface area contributed by atoms with Crippen molar-refractivity contribution in [2.75, 3.05) is 0 Å². The average molecular weight is 817 g/mol. The minimum absolute atomic E-state index is 0.0628. The molecule has 1 heteroatoms. The summed E-state index contributed by atoms with van der Waals surface area (Å²) >= 11 is 0. The summed E-state index contributed by atoms with van der Waals surface area (Å²) in [5, 5.41) is 5.81. The van der Waals surface area contributed by atoms with Crippen molar-refractivity contribution >= 4 is 44.6 Å². The standard InChI is InChI=1S/C63H49B/c1-32-26-43-53-51-41(28-37-33-18-10-16-24-47(33)62(6,7)57(37)53)55-39(35-20-12-14-22-45(35)60(55,2)3)30-49(51)64-50-31-40-36-21-13-15-23-46(36)61(4,5)56(40)42-29-38-34-19-11-17-25-48(34)63(8,9)58(38)54(52(42)50)44(27-32)59(43)64/h10-31H,1-9H3. The van der Waals surface area contributed by atoms with Crippen LogP contribution >= 0.6 is 0 Å². The molecule has 9 aromatic rings. The van der Waals surface area contributed by atoms with E-state index in [1.165, 1.54) is 155 Å². The van der Waals surface area contributed by atoms with Crippen molar-refractivity contribution in [3.8, 4) is 66.8 Å². The third-order valence-corrected chi connectivity index (χ3v) is 17.7. The van der Waals surface area contributed by atoms with Gasteiger partial charge in [-0.1, -0.05) is 193 Å². The fraction of sp³-hybridized carbons (Fsp3) is 0.206. The minimum atomic E-state index is -0.179. The van der Waals surface area contributed by atoms with Crippen LogP contribution < -0.4 is 16.4 Å². The number of rotatable bonds is 0. The van der Waals surface area contributed by atoms with Crippen LogP contribution in [0.15, 0.2) is 133 Å². The molecular weight excluding hydrogens is 768 g/mol. The summed E-state index contributed by atoms with van der Waals surface area (Å²) in [6.07, 6.45) is 0. The SMILES string of the molecule is Cc1cc2c3c(c1)-c1c4c(cc5c6c(cc(c15)B3c1cc3c(c5cc7c(c-2c15)C(C)(C)c1ccccc1-7)C(C)(C)c1ccccc1-3)-c1ccccc1C6(C)C)-c1ccccc1C4(C)C. The van der Waals surface area contributed by atoms with E-state index in [2.05, 4.69) is 196 Å². The van der Waals surface area contributed by atoms with E-state index < -0.39 is 0 Å². The Bertz CT molecular complexity index is 3540. The van der Waals surface area contributed by atoms with Crippen LogP contribution in [0.2, 0.25) is 0 Å². The van der Waals surface area contributed by atoms with E-state index in [0.717, 1.165) is 0 Å². The van der Waals surface area contributed by atoms with Crippen LogP contribution in [-0.4, -0.2) is 6.71 Å². The predicted octanol–water partition coefficient (Wildman–Crippen LogP) is 14.0. The molecule has 0 saturated carbocycles. The van der Waals surface area contributed by atoms with Gasteiger partial charge in [-0.05, 0) is 157 Å². The lowest BCUT2D eigenvalue weighted by Gasteiger charge is -2.40. The highest BCUT2D eigenvalue weighted by Crippen LogP contribution is 2.62. The van der Waals surface area contributed by atoms with Gasteiger partial charge in [-0.25, -0.2) is 0 Å². The maximum Gasteiger partial charge on any atom is 0.244 e. The van der Waals surface area contributed by atoms with Gasteiger partial charge in [0.05, 0.1) is 0 Å². The van der Waals surface area contributed by atoms with Gasteiger partial charge in [0.25, 0.3) is 0 Å². The van der Waals surface area contributed by atoms with Crippen molar-refractivity contribution in [3.63, 3.8) is 0 Å². The van der Waals surface area contributed by atoms with Crippen molar-refractivity contribution in [1.82, 2.24) is 0 Å². The molecule has 4 aliphatic carbocycles. The smallest absolute Gasteiger partial charge is 0.0619 e. The van der Waals surface area contributed by atoms with E-state index in [4.69, 9.17) is 0 Å². The monoisotopic (exact) mass is 816 g/mol. The molecular formula is C63H49B. The Balaban J connectivity index is 1.20. The van der Waals surface area contributed by atoms with E-state index in [0.29, 0.717) is 0 Å². The van der Waals surface area contributed by atoms with Crippen molar-refractivity contribution in [1.29, 1.82) is 0 Å².